The van der Waals surface area contributed by atoms with Crippen LogP contribution in [0.4, 0.5) is 0 Å². The molecule has 0 aliphatic carbocycles. The molecule has 2 aromatic rings. The Hall–Kier alpha value is -2.93. The van der Waals surface area contributed by atoms with Crippen LogP contribution in [0.25, 0.3) is 6.08 Å². The Labute approximate surface area is 135 Å². The van der Waals surface area contributed by atoms with Crippen molar-refractivity contribution in [2.75, 3.05) is 6.54 Å². The zero-order chi connectivity index (χ0) is 16.1. The number of likely N-dealkylation sites (tertiary alicyclic amines) is 1. The first kappa shape index (κ1) is 15.0. The Balaban J connectivity index is 1.71. The summed E-state index contributed by atoms with van der Waals surface area (Å²) in [4.78, 5) is 18.5. The quantitative estimate of drug-likeness (QED) is 0.817. The molecule has 0 N–H and O–H groups in total. The molecule has 0 radical (unpaired) electrons. The van der Waals surface area contributed by atoms with Crippen LogP contribution in [0.1, 0.15) is 35.6 Å². The first-order chi connectivity index (χ1) is 11.3. The number of nitrogens with zero attached hydrogens (tertiary/aromatic N) is 3. The van der Waals surface area contributed by atoms with Crippen molar-refractivity contribution < 1.29 is 4.79 Å². The maximum atomic E-state index is 12.5. The van der Waals surface area contributed by atoms with Gasteiger partial charge in [-0.3, -0.25) is 9.78 Å². The highest BCUT2D eigenvalue weighted by atomic mass is 16.2. The Morgan fingerprint density at radius 1 is 1.30 bits per heavy atom. The summed E-state index contributed by atoms with van der Waals surface area (Å²) >= 11 is 0. The van der Waals surface area contributed by atoms with Crippen LogP contribution in [0.2, 0.25) is 0 Å². The molecule has 23 heavy (non-hydrogen) atoms. The Morgan fingerprint density at radius 2 is 2.13 bits per heavy atom. The molecule has 1 amide bonds. The minimum Gasteiger partial charge on any atom is -0.332 e. The smallest absolute Gasteiger partial charge is 0.247 e. The first-order valence-corrected chi connectivity index (χ1v) is 7.67. The number of hydrogen-bond acceptors (Lipinski definition) is 3. The van der Waals surface area contributed by atoms with Crippen molar-refractivity contribution in [1.82, 2.24) is 9.88 Å². The van der Waals surface area contributed by atoms with Gasteiger partial charge in [0.15, 0.2) is 0 Å². The zero-order valence-corrected chi connectivity index (χ0v) is 12.7. The summed E-state index contributed by atoms with van der Waals surface area (Å²) in [5.41, 5.74) is 2.62. The van der Waals surface area contributed by atoms with E-state index in [1.807, 2.05) is 35.4 Å². The van der Waals surface area contributed by atoms with E-state index in [1.165, 1.54) is 0 Å². The standard InChI is InChI=1S/C19H17N3O/c20-13-16-7-5-15(6-8-16)9-10-19(23)22-12-2-4-18(22)17-3-1-11-21-14-17/h1,3,5-11,14,18H,2,4,12H2/b10-9+/t18-/m1/s1. The minimum absolute atomic E-state index is 0.0145. The van der Waals surface area contributed by atoms with Crippen LogP contribution in [0.15, 0.2) is 54.9 Å². The highest BCUT2D eigenvalue weighted by Crippen LogP contribution is 2.31. The maximum absolute atomic E-state index is 12.5. The van der Waals surface area contributed by atoms with Gasteiger partial charge in [0.05, 0.1) is 17.7 Å². The maximum Gasteiger partial charge on any atom is 0.247 e. The predicted octanol–water partition coefficient (Wildman–Crippen LogP) is 3.33. The van der Waals surface area contributed by atoms with Gasteiger partial charge < -0.3 is 4.90 Å². The minimum atomic E-state index is 0.0145. The lowest BCUT2D eigenvalue weighted by atomic mass is 10.1. The second kappa shape index (κ2) is 6.89. The summed E-state index contributed by atoms with van der Waals surface area (Å²) in [6.07, 6.45) is 8.96. The number of rotatable bonds is 3. The monoisotopic (exact) mass is 303 g/mol. The molecule has 2 heterocycles. The van der Waals surface area contributed by atoms with E-state index >= 15 is 0 Å². The summed E-state index contributed by atoms with van der Waals surface area (Å²) in [7, 11) is 0. The summed E-state index contributed by atoms with van der Waals surface area (Å²) in [6.45, 7) is 0.774. The van der Waals surface area contributed by atoms with E-state index in [4.69, 9.17) is 5.26 Å². The lowest BCUT2D eigenvalue weighted by Crippen LogP contribution is -2.28. The number of benzene rings is 1. The number of hydrogen-bond donors (Lipinski definition) is 0. The van der Waals surface area contributed by atoms with E-state index in [0.717, 1.165) is 30.5 Å². The van der Waals surface area contributed by atoms with Crippen LogP contribution in [0.5, 0.6) is 0 Å². The van der Waals surface area contributed by atoms with E-state index < -0.39 is 0 Å². The van der Waals surface area contributed by atoms with Crippen LogP contribution in [0.3, 0.4) is 0 Å². The van der Waals surface area contributed by atoms with Gasteiger partial charge in [0, 0.05) is 25.0 Å². The average molecular weight is 303 g/mol. The SMILES string of the molecule is N#Cc1ccc(/C=C/C(=O)N2CCC[C@@H]2c2cccnc2)cc1. The molecule has 114 valence electrons. The van der Waals surface area contributed by atoms with E-state index in [-0.39, 0.29) is 11.9 Å². The molecule has 1 atom stereocenters. The van der Waals surface area contributed by atoms with Gasteiger partial charge in [-0.15, -0.1) is 0 Å². The normalized spacial score (nSPS) is 17.3. The molecule has 4 nitrogen and oxygen atoms in total. The van der Waals surface area contributed by atoms with E-state index in [2.05, 4.69) is 11.1 Å². The molecule has 0 unspecified atom stereocenters. The van der Waals surface area contributed by atoms with Crippen molar-refractivity contribution in [3.8, 4) is 6.07 Å². The lowest BCUT2D eigenvalue weighted by Gasteiger charge is -2.23. The van der Waals surface area contributed by atoms with Crippen molar-refractivity contribution in [2.45, 2.75) is 18.9 Å². The van der Waals surface area contributed by atoms with Crippen LogP contribution < -0.4 is 0 Å². The molecule has 1 fully saturated rings. The molecule has 1 saturated heterocycles. The molecule has 0 saturated carbocycles. The van der Waals surface area contributed by atoms with Crippen LogP contribution >= 0.6 is 0 Å². The number of nitriles is 1. The van der Waals surface area contributed by atoms with Gasteiger partial charge in [0.1, 0.15) is 0 Å². The van der Waals surface area contributed by atoms with E-state index in [9.17, 15) is 4.79 Å². The topological polar surface area (TPSA) is 57.0 Å². The van der Waals surface area contributed by atoms with Crippen LogP contribution in [-0.4, -0.2) is 22.3 Å². The Bertz CT molecular complexity index is 744. The highest BCUT2D eigenvalue weighted by molar-refractivity contribution is 5.92. The molecule has 0 bridgehead atoms. The fourth-order valence-corrected chi connectivity index (χ4v) is 2.88. The van der Waals surface area contributed by atoms with Crippen molar-refractivity contribution >= 4 is 12.0 Å². The molecule has 0 spiro atoms. The van der Waals surface area contributed by atoms with Crippen LogP contribution in [-0.2, 0) is 4.79 Å². The van der Waals surface area contributed by atoms with Gasteiger partial charge in [-0.25, -0.2) is 0 Å². The van der Waals surface area contributed by atoms with Crippen molar-refractivity contribution in [1.29, 1.82) is 5.26 Å². The number of aromatic nitrogens is 1. The number of amides is 1. The zero-order valence-electron chi connectivity index (χ0n) is 12.7. The second-order valence-corrected chi connectivity index (χ2v) is 5.54. The van der Waals surface area contributed by atoms with Gasteiger partial charge in [0.2, 0.25) is 5.91 Å². The summed E-state index contributed by atoms with van der Waals surface area (Å²) in [5.74, 6) is 0.0145. The third kappa shape index (κ3) is 3.46. The lowest BCUT2D eigenvalue weighted by molar-refractivity contribution is -0.126. The van der Waals surface area contributed by atoms with Gasteiger partial charge in [-0.1, -0.05) is 18.2 Å². The fourth-order valence-electron chi connectivity index (χ4n) is 2.88. The third-order valence-corrected chi connectivity index (χ3v) is 4.06. The largest absolute Gasteiger partial charge is 0.332 e. The molecule has 1 aliphatic heterocycles. The van der Waals surface area contributed by atoms with Gasteiger partial charge >= 0.3 is 0 Å². The van der Waals surface area contributed by atoms with Crippen LogP contribution in [0, 0.1) is 11.3 Å². The Morgan fingerprint density at radius 3 is 2.83 bits per heavy atom. The molecule has 3 rings (SSSR count). The first-order valence-electron chi connectivity index (χ1n) is 7.67. The second-order valence-electron chi connectivity index (χ2n) is 5.54. The average Bonchev–Trinajstić information content (AvgIpc) is 3.11. The summed E-state index contributed by atoms with van der Waals surface area (Å²) in [6, 6.07) is 13.3. The highest BCUT2D eigenvalue weighted by Gasteiger charge is 2.28. The van der Waals surface area contributed by atoms with Gasteiger partial charge in [-0.2, -0.15) is 5.26 Å². The predicted molar refractivity (Wildman–Crippen MR) is 88.1 cm³/mol. The van der Waals surface area contributed by atoms with E-state index in [1.54, 1.807) is 30.5 Å². The van der Waals surface area contributed by atoms with Crippen molar-refractivity contribution in [2.24, 2.45) is 0 Å². The van der Waals surface area contributed by atoms with Crippen molar-refractivity contribution in [3.05, 3.63) is 71.6 Å². The number of carbonyl (C=O) groups is 1. The molecule has 1 aliphatic rings. The van der Waals surface area contributed by atoms with Gasteiger partial charge in [-0.05, 0) is 48.2 Å². The third-order valence-electron chi connectivity index (χ3n) is 4.06. The molecule has 4 heteroatoms. The number of pyridine rings is 1. The summed E-state index contributed by atoms with van der Waals surface area (Å²) in [5, 5.41) is 8.79. The molecule has 1 aromatic heterocycles. The molecular weight excluding hydrogens is 286 g/mol. The van der Waals surface area contributed by atoms with Gasteiger partial charge in [0.25, 0.3) is 0 Å². The number of carbonyl (C=O) groups excluding carboxylic acids is 1. The summed E-state index contributed by atoms with van der Waals surface area (Å²) < 4.78 is 0. The fraction of sp³-hybridized carbons (Fsp3) is 0.211. The Kier molecular flexibility index (Phi) is 4.49. The van der Waals surface area contributed by atoms with Crippen molar-refractivity contribution in [3.63, 3.8) is 0 Å². The molecule has 1 aromatic carbocycles. The van der Waals surface area contributed by atoms with E-state index in [0.29, 0.717) is 5.56 Å². The molecular formula is C19H17N3O.